The van der Waals surface area contributed by atoms with Gasteiger partial charge < -0.3 is 9.47 Å². The zero-order chi connectivity index (χ0) is 16.7. The lowest BCUT2D eigenvalue weighted by Crippen LogP contribution is -2.25. The first-order valence-electron chi connectivity index (χ1n) is 6.95. The van der Waals surface area contributed by atoms with Gasteiger partial charge in [0.15, 0.2) is 6.61 Å². The Morgan fingerprint density at radius 2 is 1.87 bits per heavy atom. The van der Waals surface area contributed by atoms with Gasteiger partial charge in [0, 0.05) is 0 Å². The molecular weight excluding hydrogens is 316 g/mol. The van der Waals surface area contributed by atoms with Crippen molar-refractivity contribution < 1.29 is 14.3 Å². The molecule has 1 amide bonds. The highest BCUT2D eigenvalue weighted by molar-refractivity contribution is 6.32. The van der Waals surface area contributed by atoms with Gasteiger partial charge in [-0.25, -0.2) is 5.43 Å². The molecule has 0 saturated carbocycles. The van der Waals surface area contributed by atoms with E-state index in [1.54, 1.807) is 38.3 Å². The SMILES string of the molecule is COc1ccc(C(C)=NNC(=O)COc2ccccc2Cl)cc1. The van der Waals surface area contributed by atoms with Gasteiger partial charge in [-0.15, -0.1) is 0 Å². The molecule has 0 atom stereocenters. The fourth-order valence-electron chi connectivity index (χ4n) is 1.78. The van der Waals surface area contributed by atoms with Crippen molar-refractivity contribution in [3.63, 3.8) is 0 Å². The topological polar surface area (TPSA) is 59.9 Å². The maximum absolute atomic E-state index is 11.8. The highest BCUT2D eigenvalue weighted by Crippen LogP contribution is 2.22. The van der Waals surface area contributed by atoms with Gasteiger partial charge in [0.25, 0.3) is 5.91 Å². The number of hydrogen-bond acceptors (Lipinski definition) is 4. The molecule has 1 N–H and O–H groups in total. The maximum atomic E-state index is 11.8. The zero-order valence-corrected chi connectivity index (χ0v) is 13.6. The quantitative estimate of drug-likeness (QED) is 0.652. The van der Waals surface area contributed by atoms with E-state index in [1.165, 1.54) is 0 Å². The molecule has 0 unspecified atom stereocenters. The molecule has 2 rings (SSSR count). The van der Waals surface area contributed by atoms with Crippen molar-refractivity contribution >= 4 is 23.2 Å². The number of benzene rings is 2. The number of para-hydroxylation sites is 1. The van der Waals surface area contributed by atoms with E-state index in [0.29, 0.717) is 16.5 Å². The smallest absolute Gasteiger partial charge is 0.277 e. The predicted octanol–water partition coefficient (Wildman–Crippen LogP) is 3.27. The van der Waals surface area contributed by atoms with Crippen LogP contribution in [0.2, 0.25) is 5.02 Å². The number of carbonyl (C=O) groups is 1. The fraction of sp³-hybridized carbons (Fsp3) is 0.176. The monoisotopic (exact) mass is 332 g/mol. The predicted molar refractivity (Wildman–Crippen MR) is 90.3 cm³/mol. The summed E-state index contributed by atoms with van der Waals surface area (Å²) in [6.07, 6.45) is 0. The van der Waals surface area contributed by atoms with Crippen molar-refractivity contribution in [2.24, 2.45) is 5.10 Å². The van der Waals surface area contributed by atoms with Crippen molar-refractivity contribution in [1.82, 2.24) is 5.43 Å². The number of methoxy groups -OCH3 is 1. The number of halogens is 1. The largest absolute Gasteiger partial charge is 0.497 e. The summed E-state index contributed by atoms with van der Waals surface area (Å²) in [5.74, 6) is 0.858. The summed E-state index contributed by atoms with van der Waals surface area (Å²) in [4.78, 5) is 11.8. The second-order valence-electron chi connectivity index (χ2n) is 4.68. The summed E-state index contributed by atoms with van der Waals surface area (Å²) in [6.45, 7) is 1.64. The summed E-state index contributed by atoms with van der Waals surface area (Å²) in [5, 5.41) is 4.50. The van der Waals surface area contributed by atoms with Gasteiger partial charge in [-0.1, -0.05) is 23.7 Å². The molecule has 120 valence electrons. The van der Waals surface area contributed by atoms with Crippen LogP contribution in [-0.4, -0.2) is 25.3 Å². The van der Waals surface area contributed by atoms with Crippen LogP contribution >= 0.6 is 11.6 Å². The number of nitrogens with one attached hydrogen (secondary N) is 1. The third-order valence-corrected chi connectivity index (χ3v) is 3.36. The Morgan fingerprint density at radius 3 is 2.52 bits per heavy atom. The normalized spacial score (nSPS) is 11.0. The first-order chi connectivity index (χ1) is 11.1. The molecule has 0 bridgehead atoms. The van der Waals surface area contributed by atoms with Gasteiger partial charge in [-0.2, -0.15) is 5.10 Å². The van der Waals surface area contributed by atoms with E-state index in [-0.39, 0.29) is 12.5 Å². The van der Waals surface area contributed by atoms with Gasteiger partial charge in [0.2, 0.25) is 0 Å². The lowest BCUT2D eigenvalue weighted by atomic mass is 10.1. The van der Waals surface area contributed by atoms with E-state index >= 15 is 0 Å². The van der Waals surface area contributed by atoms with Gasteiger partial charge in [0.1, 0.15) is 11.5 Å². The van der Waals surface area contributed by atoms with Crippen molar-refractivity contribution in [3.8, 4) is 11.5 Å². The third-order valence-electron chi connectivity index (χ3n) is 3.05. The lowest BCUT2D eigenvalue weighted by molar-refractivity contribution is -0.123. The Hall–Kier alpha value is -2.53. The van der Waals surface area contributed by atoms with Crippen LogP contribution in [0.4, 0.5) is 0 Å². The first-order valence-corrected chi connectivity index (χ1v) is 7.33. The molecule has 0 aromatic heterocycles. The summed E-state index contributed by atoms with van der Waals surface area (Å²) < 4.78 is 10.4. The van der Waals surface area contributed by atoms with Crippen molar-refractivity contribution in [2.75, 3.05) is 13.7 Å². The van der Waals surface area contributed by atoms with E-state index in [4.69, 9.17) is 21.1 Å². The molecule has 0 saturated heterocycles. The minimum absolute atomic E-state index is 0.164. The zero-order valence-electron chi connectivity index (χ0n) is 12.9. The molecule has 2 aromatic rings. The molecule has 0 heterocycles. The number of amides is 1. The number of hydrogen-bond donors (Lipinski definition) is 1. The molecule has 0 aliphatic heterocycles. The summed E-state index contributed by atoms with van der Waals surface area (Å²) >= 11 is 5.95. The Kier molecular flexibility index (Phi) is 6.00. The Labute approximate surface area is 139 Å². The Morgan fingerprint density at radius 1 is 1.17 bits per heavy atom. The second kappa shape index (κ2) is 8.19. The average Bonchev–Trinajstić information content (AvgIpc) is 2.59. The molecule has 0 fully saturated rings. The molecule has 0 spiro atoms. The van der Waals surface area contributed by atoms with E-state index in [0.717, 1.165) is 11.3 Å². The Balaban J connectivity index is 1.88. The molecule has 2 aromatic carbocycles. The summed E-state index contributed by atoms with van der Waals surface area (Å²) in [6, 6.07) is 14.4. The van der Waals surface area contributed by atoms with Crippen molar-refractivity contribution in [3.05, 3.63) is 59.1 Å². The van der Waals surface area contributed by atoms with Crippen molar-refractivity contribution in [1.29, 1.82) is 0 Å². The van der Waals surface area contributed by atoms with Crippen molar-refractivity contribution in [2.45, 2.75) is 6.92 Å². The molecule has 6 heteroatoms. The summed E-state index contributed by atoms with van der Waals surface area (Å²) in [7, 11) is 1.61. The van der Waals surface area contributed by atoms with Crippen LogP contribution in [0.25, 0.3) is 0 Å². The maximum Gasteiger partial charge on any atom is 0.277 e. The van der Waals surface area contributed by atoms with Gasteiger partial charge in [-0.3, -0.25) is 4.79 Å². The molecule has 0 radical (unpaired) electrons. The molecule has 0 aliphatic rings. The van der Waals surface area contributed by atoms with Crippen LogP contribution in [0.1, 0.15) is 12.5 Å². The highest BCUT2D eigenvalue weighted by Gasteiger charge is 2.05. The van der Waals surface area contributed by atoms with E-state index in [1.807, 2.05) is 24.3 Å². The standard InChI is InChI=1S/C17H17ClN2O3/c1-12(13-7-9-14(22-2)10-8-13)19-20-17(21)11-23-16-6-4-3-5-15(16)18/h3-10H,11H2,1-2H3,(H,20,21). The molecule has 23 heavy (non-hydrogen) atoms. The fourth-order valence-corrected chi connectivity index (χ4v) is 1.97. The second-order valence-corrected chi connectivity index (χ2v) is 5.09. The van der Waals surface area contributed by atoms with E-state index < -0.39 is 0 Å². The van der Waals surface area contributed by atoms with Crippen LogP contribution in [0.15, 0.2) is 53.6 Å². The van der Waals surface area contributed by atoms with E-state index in [2.05, 4.69) is 10.5 Å². The van der Waals surface area contributed by atoms with Gasteiger partial charge >= 0.3 is 0 Å². The molecule has 5 nitrogen and oxygen atoms in total. The first kappa shape index (κ1) is 16.8. The molecular formula is C17H17ClN2O3. The van der Waals surface area contributed by atoms with Crippen LogP contribution in [0.3, 0.4) is 0 Å². The minimum Gasteiger partial charge on any atom is -0.497 e. The lowest BCUT2D eigenvalue weighted by Gasteiger charge is -2.07. The van der Waals surface area contributed by atoms with Crippen LogP contribution in [-0.2, 0) is 4.79 Å². The van der Waals surface area contributed by atoms with Crippen LogP contribution in [0, 0.1) is 0 Å². The molecule has 0 aliphatic carbocycles. The van der Waals surface area contributed by atoms with Crippen LogP contribution in [0.5, 0.6) is 11.5 Å². The van der Waals surface area contributed by atoms with E-state index in [9.17, 15) is 4.79 Å². The number of carbonyl (C=O) groups excluding carboxylic acids is 1. The average molecular weight is 333 g/mol. The Bertz CT molecular complexity index is 699. The van der Waals surface area contributed by atoms with Crippen LogP contribution < -0.4 is 14.9 Å². The number of rotatable bonds is 6. The van der Waals surface area contributed by atoms with Gasteiger partial charge in [-0.05, 0) is 48.9 Å². The number of nitrogens with zero attached hydrogens (tertiary/aromatic N) is 1. The highest BCUT2D eigenvalue weighted by atomic mass is 35.5. The minimum atomic E-state index is -0.363. The van der Waals surface area contributed by atoms with Gasteiger partial charge in [0.05, 0.1) is 17.8 Å². The summed E-state index contributed by atoms with van der Waals surface area (Å²) in [5.41, 5.74) is 4.02. The number of ether oxygens (including phenoxy) is 2. The third kappa shape index (κ3) is 5.00. The number of hydrazone groups is 1.